The summed E-state index contributed by atoms with van der Waals surface area (Å²) in [6.45, 7) is 7.53. The van der Waals surface area contributed by atoms with E-state index < -0.39 is 5.54 Å². The molecule has 2 fully saturated rings. The molecule has 7 heteroatoms. The highest BCUT2D eigenvalue weighted by Crippen LogP contribution is 2.31. The summed E-state index contributed by atoms with van der Waals surface area (Å²) in [6.07, 6.45) is 0.548. The Morgan fingerprint density at radius 2 is 1.79 bits per heavy atom. The first-order valence-electron chi connectivity index (χ1n) is 10.00. The van der Waals surface area contributed by atoms with Gasteiger partial charge in [0.1, 0.15) is 38.3 Å². The van der Waals surface area contributed by atoms with Crippen LogP contribution in [0.5, 0.6) is 0 Å². The minimum Gasteiger partial charge on any atom is -0.322 e. The van der Waals surface area contributed by atoms with Crippen LogP contribution in [0.2, 0.25) is 0 Å². The van der Waals surface area contributed by atoms with Gasteiger partial charge in [-0.2, -0.15) is 11.3 Å². The van der Waals surface area contributed by atoms with Crippen LogP contribution in [0.3, 0.4) is 0 Å². The molecule has 0 bridgehead atoms. The Morgan fingerprint density at radius 1 is 1.07 bits per heavy atom. The van der Waals surface area contributed by atoms with Crippen molar-refractivity contribution in [1.29, 1.82) is 0 Å². The van der Waals surface area contributed by atoms with Crippen molar-refractivity contribution in [2.75, 3.05) is 32.8 Å². The number of piperazine rings is 1. The molecule has 2 aliphatic rings. The molecule has 0 aliphatic carbocycles. The van der Waals surface area contributed by atoms with Gasteiger partial charge in [0.15, 0.2) is 6.67 Å². The third-order valence-electron chi connectivity index (χ3n) is 6.05. The maximum Gasteiger partial charge on any atom is 0.329 e. The minimum atomic E-state index is -0.927. The topological polar surface area (TPSA) is 58.3 Å². The van der Waals surface area contributed by atoms with Crippen LogP contribution in [0.25, 0.3) is 0 Å². The summed E-state index contributed by atoms with van der Waals surface area (Å²) in [5, 5.41) is 7.32. The van der Waals surface area contributed by atoms with E-state index in [4.69, 9.17) is 0 Å². The molecule has 4 rings (SSSR count). The molecule has 1 atom stereocenters. The zero-order valence-corrected chi connectivity index (χ0v) is 17.1. The summed E-state index contributed by atoms with van der Waals surface area (Å²) in [4.78, 5) is 30.2. The van der Waals surface area contributed by atoms with Gasteiger partial charge in [0.05, 0.1) is 0 Å². The highest BCUT2D eigenvalue weighted by Gasteiger charge is 2.52. The van der Waals surface area contributed by atoms with E-state index in [-0.39, 0.29) is 11.9 Å². The van der Waals surface area contributed by atoms with Crippen LogP contribution < -0.4 is 15.1 Å². The molecule has 0 spiro atoms. The molecular weight excluding hydrogens is 372 g/mol. The van der Waals surface area contributed by atoms with Gasteiger partial charge in [-0.1, -0.05) is 37.3 Å². The van der Waals surface area contributed by atoms with Gasteiger partial charge in [-0.25, -0.2) is 9.69 Å². The molecule has 6 nitrogen and oxygen atoms in total. The Hall–Kier alpha value is -2.22. The molecule has 2 saturated heterocycles. The number of nitrogens with zero attached hydrogens (tertiary/aromatic N) is 1. The van der Waals surface area contributed by atoms with E-state index in [1.54, 1.807) is 16.2 Å². The molecule has 3 amide bonds. The number of imide groups is 1. The predicted molar refractivity (Wildman–Crippen MR) is 108 cm³/mol. The van der Waals surface area contributed by atoms with Gasteiger partial charge in [-0.3, -0.25) is 4.79 Å². The van der Waals surface area contributed by atoms with E-state index in [0.717, 1.165) is 38.3 Å². The maximum absolute atomic E-state index is 13.2. The van der Waals surface area contributed by atoms with Crippen molar-refractivity contribution in [3.63, 3.8) is 0 Å². The fraction of sp³-hybridized carbons (Fsp3) is 0.429. The summed E-state index contributed by atoms with van der Waals surface area (Å²) >= 11 is 1.74. The average molecular weight is 401 g/mol. The van der Waals surface area contributed by atoms with Crippen LogP contribution in [0.1, 0.15) is 24.5 Å². The molecular formula is C21H28N4O2S+2. The molecule has 0 saturated carbocycles. The summed E-state index contributed by atoms with van der Waals surface area (Å²) in [6, 6.07) is 11.5. The van der Waals surface area contributed by atoms with Gasteiger partial charge in [-0.15, -0.1) is 0 Å². The Balaban J connectivity index is 1.39. The van der Waals surface area contributed by atoms with Crippen LogP contribution in [-0.2, 0) is 16.9 Å². The number of carbonyl (C=O) groups is 2. The van der Waals surface area contributed by atoms with Crippen LogP contribution in [0, 0.1) is 0 Å². The SMILES string of the molecule is CC[C@]1(c2ccccc2)NC(=O)N(C[NH+]2CC[NH+](Cc3ccsc3)CC2)C1=O. The van der Waals surface area contributed by atoms with Crippen LogP contribution in [0.15, 0.2) is 47.2 Å². The second-order valence-corrected chi connectivity index (χ2v) is 8.53. The molecule has 3 N–H and O–H groups in total. The summed E-state index contributed by atoms with van der Waals surface area (Å²) in [7, 11) is 0. The number of quaternary nitrogens is 2. The molecule has 0 unspecified atom stereocenters. The van der Waals surface area contributed by atoms with Crippen molar-refractivity contribution in [2.45, 2.75) is 25.4 Å². The Bertz CT molecular complexity index is 818. The number of rotatable bonds is 6. The van der Waals surface area contributed by atoms with Gasteiger partial charge in [0.2, 0.25) is 0 Å². The lowest BCUT2D eigenvalue weighted by Gasteiger charge is -2.31. The van der Waals surface area contributed by atoms with E-state index in [1.807, 2.05) is 37.3 Å². The van der Waals surface area contributed by atoms with Gasteiger partial charge in [0.25, 0.3) is 5.91 Å². The van der Waals surface area contributed by atoms with E-state index in [1.165, 1.54) is 15.4 Å². The van der Waals surface area contributed by atoms with Crippen molar-refractivity contribution in [2.24, 2.45) is 0 Å². The highest BCUT2D eigenvalue weighted by molar-refractivity contribution is 7.07. The van der Waals surface area contributed by atoms with Crippen LogP contribution in [-0.4, -0.2) is 49.7 Å². The molecule has 2 aliphatic heterocycles. The Morgan fingerprint density at radius 3 is 2.43 bits per heavy atom. The Labute approximate surface area is 169 Å². The average Bonchev–Trinajstić information content (AvgIpc) is 3.32. The number of urea groups is 1. The standard InChI is InChI=1S/C21H26N4O2S/c1-2-21(18-6-4-3-5-7-18)19(26)25(20(27)22-21)16-24-11-9-23(10-12-24)14-17-8-13-28-15-17/h3-8,13,15H,2,9-12,14,16H2,1H3,(H,22,27)/p+2/t21-/m1/s1. The third-order valence-corrected chi connectivity index (χ3v) is 6.78. The van der Waals surface area contributed by atoms with E-state index in [2.05, 4.69) is 22.1 Å². The molecule has 148 valence electrons. The number of nitrogens with one attached hydrogen (secondary N) is 3. The van der Waals surface area contributed by atoms with Gasteiger partial charge in [0, 0.05) is 5.56 Å². The van der Waals surface area contributed by atoms with Gasteiger partial charge in [-0.05, 0) is 28.8 Å². The fourth-order valence-electron chi connectivity index (χ4n) is 4.33. The molecule has 1 aromatic carbocycles. The second kappa shape index (κ2) is 8.03. The lowest BCUT2D eigenvalue weighted by molar-refractivity contribution is -1.02. The van der Waals surface area contributed by atoms with Crippen molar-refractivity contribution >= 4 is 23.3 Å². The predicted octanol–water partition coefficient (Wildman–Crippen LogP) is -0.154. The van der Waals surface area contributed by atoms with Gasteiger partial charge < -0.3 is 15.1 Å². The first kappa shape index (κ1) is 19.1. The number of amides is 3. The largest absolute Gasteiger partial charge is 0.329 e. The number of hydrogen-bond donors (Lipinski definition) is 3. The quantitative estimate of drug-likeness (QED) is 0.591. The van der Waals surface area contributed by atoms with Crippen molar-refractivity contribution < 1.29 is 19.4 Å². The maximum atomic E-state index is 13.2. The van der Waals surface area contributed by atoms with Crippen molar-refractivity contribution in [3.8, 4) is 0 Å². The summed E-state index contributed by atoms with van der Waals surface area (Å²) in [5.41, 5.74) is 1.33. The molecule has 2 aromatic rings. The number of thiophene rings is 1. The van der Waals surface area contributed by atoms with Gasteiger partial charge >= 0.3 is 6.03 Å². The summed E-state index contributed by atoms with van der Waals surface area (Å²) in [5.74, 6) is -0.119. The van der Waals surface area contributed by atoms with Crippen molar-refractivity contribution in [3.05, 3.63) is 58.3 Å². The van der Waals surface area contributed by atoms with Crippen LogP contribution >= 0.6 is 11.3 Å². The molecule has 1 aromatic heterocycles. The number of carbonyl (C=O) groups excluding carboxylic acids is 2. The second-order valence-electron chi connectivity index (χ2n) is 7.75. The zero-order valence-electron chi connectivity index (χ0n) is 16.2. The lowest BCUT2D eigenvalue weighted by Crippen LogP contribution is -3.28. The smallest absolute Gasteiger partial charge is 0.322 e. The number of hydrogen-bond acceptors (Lipinski definition) is 3. The van der Waals surface area contributed by atoms with Crippen molar-refractivity contribution in [1.82, 2.24) is 10.2 Å². The third kappa shape index (κ3) is 3.57. The lowest BCUT2D eigenvalue weighted by atomic mass is 9.87. The van der Waals surface area contributed by atoms with E-state index in [9.17, 15) is 9.59 Å². The Kier molecular flexibility index (Phi) is 5.48. The normalized spacial score (nSPS) is 27.8. The highest BCUT2D eigenvalue weighted by atomic mass is 32.1. The molecule has 28 heavy (non-hydrogen) atoms. The first-order valence-corrected chi connectivity index (χ1v) is 10.9. The zero-order chi connectivity index (χ0) is 19.6. The first-order chi connectivity index (χ1) is 13.6. The van der Waals surface area contributed by atoms with E-state index in [0.29, 0.717) is 13.1 Å². The molecule has 3 heterocycles. The number of benzene rings is 1. The molecule has 0 radical (unpaired) electrons. The van der Waals surface area contributed by atoms with E-state index >= 15 is 0 Å². The fourth-order valence-corrected chi connectivity index (χ4v) is 5.00. The van der Waals surface area contributed by atoms with Crippen LogP contribution in [0.4, 0.5) is 4.79 Å². The minimum absolute atomic E-state index is 0.119. The monoisotopic (exact) mass is 400 g/mol. The summed E-state index contributed by atoms with van der Waals surface area (Å²) < 4.78 is 0.